The number of rotatable bonds is 3. The van der Waals surface area contributed by atoms with Crippen LogP contribution >= 0.6 is 23.2 Å². The number of hydrogen-bond acceptors (Lipinski definition) is 2. The Labute approximate surface area is 136 Å². The molecule has 2 N–H and O–H groups in total. The van der Waals surface area contributed by atoms with Gasteiger partial charge in [0, 0.05) is 24.0 Å². The standard InChI is InChI=1S/C15H12Cl2N4O/c16-12-5-4-11(7-13(12)17)20-15(22)18-8-10-9-19-21-6-2-1-3-14(10)21/h1-7,9H,8H2,(H2,18,20,22). The third-order valence-electron chi connectivity index (χ3n) is 3.12. The lowest BCUT2D eigenvalue weighted by molar-refractivity contribution is 0.252. The Balaban J connectivity index is 1.63. The number of benzene rings is 1. The molecule has 22 heavy (non-hydrogen) atoms. The van der Waals surface area contributed by atoms with Gasteiger partial charge in [0.25, 0.3) is 0 Å². The van der Waals surface area contributed by atoms with E-state index < -0.39 is 0 Å². The fourth-order valence-corrected chi connectivity index (χ4v) is 2.35. The van der Waals surface area contributed by atoms with Crippen LogP contribution in [0.4, 0.5) is 10.5 Å². The summed E-state index contributed by atoms with van der Waals surface area (Å²) in [6.45, 7) is 0.376. The van der Waals surface area contributed by atoms with Crippen molar-refractivity contribution in [1.82, 2.24) is 14.9 Å². The van der Waals surface area contributed by atoms with Gasteiger partial charge >= 0.3 is 6.03 Å². The highest BCUT2D eigenvalue weighted by molar-refractivity contribution is 6.42. The Morgan fingerprint density at radius 2 is 2.05 bits per heavy atom. The molecule has 7 heteroatoms. The molecule has 5 nitrogen and oxygen atoms in total. The van der Waals surface area contributed by atoms with Gasteiger partial charge in [0.1, 0.15) is 0 Å². The Hall–Kier alpha value is -2.24. The largest absolute Gasteiger partial charge is 0.334 e. The van der Waals surface area contributed by atoms with Crippen LogP contribution in [0.1, 0.15) is 5.56 Å². The van der Waals surface area contributed by atoms with Crippen LogP contribution in [0.2, 0.25) is 10.0 Å². The minimum atomic E-state index is -0.325. The molecule has 2 aromatic heterocycles. The van der Waals surface area contributed by atoms with Crippen molar-refractivity contribution in [3.05, 3.63) is 64.4 Å². The first-order valence-corrected chi connectivity index (χ1v) is 7.30. The van der Waals surface area contributed by atoms with Crippen molar-refractivity contribution < 1.29 is 4.79 Å². The van der Waals surface area contributed by atoms with Crippen LogP contribution in [0.3, 0.4) is 0 Å². The lowest BCUT2D eigenvalue weighted by Crippen LogP contribution is -2.28. The van der Waals surface area contributed by atoms with E-state index in [1.54, 1.807) is 28.9 Å². The molecule has 112 valence electrons. The van der Waals surface area contributed by atoms with Gasteiger partial charge in [0.05, 0.1) is 21.8 Å². The molecule has 2 heterocycles. The summed E-state index contributed by atoms with van der Waals surface area (Å²) in [5.41, 5.74) is 2.47. The highest BCUT2D eigenvalue weighted by Crippen LogP contribution is 2.24. The van der Waals surface area contributed by atoms with Gasteiger partial charge in [0.15, 0.2) is 0 Å². The van der Waals surface area contributed by atoms with Gasteiger partial charge in [-0.05, 0) is 30.3 Å². The first-order chi connectivity index (χ1) is 10.6. The molecule has 0 unspecified atom stereocenters. The van der Waals surface area contributed by atoms with E-state index in [-0.39, 0.29) is 6.03 Å². The Morgan fingerprint density at radius 3 is 2.86 bits per heavy atom. The highest BCUT2D eigenvalue weighted by Gasteiger charge is 2.07. The molecule has 0 aliphatic rings. The van der Waals surface area contributed by atoms with E-state index in [0.717, 1.165) is 11.1 Å². The maximum Gasteiger partial charge on any atom is 0.319 e. The SMILES string of the molecule is O=C(NCc1cnn2ccccc12)Nc1ccc(Cl)c(Cl)c1. The summed E-state index contributed by atoms with van der Waals surface area (Å²) in [5, 5.41) is 10.5. The van der Waals surface area contributed by atoms with Crippen molar-refractivity contribution in [1.29, 1.82) is 0 Å². The molecule has 0 saturated heterocycles. The van der Waals surface area contributed by atoms with Crippen molar-refractivity contribution in [2.24, 2.45) is 0 Å². The maximum atomic E-state index is 11.9. The summed E-state index contributed by atoms with van der Waals surface area (Å²) in [5.74, 6) is 0. The zero-order valence-corrected chi connectivity index (χ0v) is 12.9. The zero-order valence-electron chi connectivity index (χ0n) is 11.4. The van der Waals surface area contributed by atoms with E-state index in [1.807, 2.05) is 24.4 Å². The van der Waals surface area contributed by atoms with Crippen LogP contribution < -0.4 is 10.6 Å². The van der Waals surface area contributed by atoms with Gasteiger partial charge in [-0.15, -0.1) is 0 Å². The van der Waals surface area contributed by atoms with Gasteiger partial charge in [-0.1, -0.05) is 29.3 Å². The van der Waals surface area contributed by atoms with Gasteiger partial charge in [-0.2, -0.15) is 5.10 Å². The summed E-state index contributed by atoms with van der Waals surface area (Å²) in [7, 11) is 0. The van der Waals surface area contributed by atoms with Gasteiger partial charge < -0.3 is 10.6 Å². The number of aromatic nitrogens is 2. The van der Waals surface area contributed by atoms with Crippen LogP contribution in [0, 0.1) is 0 Å². The van der Waals surface area contributed by atoms with Crippen LogP contribution in [-0.4, -0.2) is 15.6 Å². The maximum absolute atomic E-state index is 11.9. The van der Waals surface area contributed by atoms with E-state index in [4.69, 9.17) is 23.2 Å². The van der Waals surface area contributed by atoms with Crippen molar-refractivity contribution in [2.75, 3.05) is 5.32 Å². The van der Waals surface area contributed by atoms with E-state index in [2.05, 4.69) is 15.7 Å². The molecule has 2 amide bonds. The topological polar surface area (TPSA) is 58.4 Å². The number of amides is 2. The number of nitrogens with one attached hydrogen (secondary N) is 2. The van der Waals surface area contributed by atoms with Crippen molar-refractivity contribution in [3.8, 4) is 0 Å². The summed E-state index contributed by atoms with van der Waals surface area (Å²) in [6, 6.07) is 10.4. The molecule has 3 rings (SSSR count). The first-order valence-electron chi connectivity index (χ1n) is 6.54. The quantitative estimate of drug-likeness (QED) is 0.761. The number of carbonyl (C=O) groups excluding carboxylic acids is 1. The zero-order chi connectivity index (χ0) is 15.5. The average molecular weight is 335 g/mol. The number of urea groups is 1. The number of nitrogens with zero attached hydrogens (tertiary/aromatic N) is 2. The number of halogens is 2. The molecule has 0 radical (unpaired) electrons. The minimum Gasteiger partial charge on any atom is -0.334 e. The number of hydrogen-bond donors (Lipinski definition) is 2. The molecular weight excluding hydrogens is 323 g/mol. The molecule has 0 bridgehead atoms. The molecule has 0 aliphatic heterocycles. The van der Waals surface area contributed by atoms with Crippen LogP contribution in [0.15, 0.2) is 48.8 Å². The summed E-state index contributed by atoms with van der Waals surface area (Å²) in [6.07, 6.45) is 3.59. The van der Waals surface area contributed by atoms with Crippen LogP contribution in [0.5, 0.6) is 0 Å². The first kappa shape index (κ1) is 14.7. The second kappa shape index (κ2) is 6.25. The summed E-state index contributed by atoms with van der Waals surface area (Å²) >= 11 is 11.7. The Morgan fingerprint density at radius 1 is 1.18 bits per heavy atom. The van der Waals surface area contributed by atoms with E-state index in [0.29, 0.717) is 22.3 Å². The molecular formula is C15H12Cl2N4O. The smallest absolute Gasteiger partial charge is 0.319 e. The lowest BCUT2D eigenvalue weighted by atomic mass is 10.2. The summed E-state index contributed by atoms with van der Waals surface area (Å²) < 4.78 is 1.76. The average Bonchev–Trinajstić information content (AvgIpc) is 2.92. The molecule has 0 atom stereocenters. The second-order valence-electron chi connectivity index (χ2n) is 4.64. The lowest BCUT2D eigenvalue weighted by Gasteiger charge is -2.08. The molecule has 1 aromatic carbocycles. The number of pyridine rings is 1. The van der Waals surface area contributed by atoms with Gasteiger partial charge in [0.2, 0.25) is 0 Å². The van der Waals surface area contributed by atoms with Crippen LogP contribution in [0.25, 0.3) is 5.52 Å². The predicted molar refractivity (Wildman–Crippen MR) is 87.5 cm³/mol. The van der Waals surface area contributed by atoms with Gasteiger partial charge in [-0.25, -0.2) is 9.31 Å². The number of carbonyl (C=O) groups is 1. The van der Waals surface area contributed by atoms with Crippen LogP contribution in [-0.2, 0) is 6.54 Å². The fourth-order valence-electron chi connectivity index (χ4n) is 2.05. The third-order valence-corrected chi connectivity index (χ3v) is 3.86. The second-order valence-corrected chi connectivity index (χ2v) is 5.45. The Kier molecular flexibility index (Phi) is 4.18. The molecule has 0 spiro atoms. The molecule has 3 aromatic rings. The van der Waals surface area contributed by atoms with E-state index >= 15 is 0 Å². The van der Waals surface area contributed by atoms with Gasteiger partial charge in [-0.3, -0.25) is 0 Å². The monoisotopic (exact) mass is 334 g/mol. The van der Waals surface area contributed by atoms with Crippen molar-refractivity contribution >= 4 is 40.4 Å². The highest BCUT2D eigenvalue weighted by atomic mass is 35.5. The predicted octanol–water partition coefficient (Wildman–Crippen LogP) is 3.96. The molecule has 0 saturated carbocycles. The third kappa shape index (κ3) is 3.16. The molecule has 0 fully saturated rings. The van der Waals surface area contributed by atoms with E-state index in [1.165, 1.54) is 0 Å². The minimum absolute atomic E-state index is 0.325. The normalized spacial score (nSPS) is 10.6. The number of fused-ring (bicyclic) bond motifs is 1. The number of anilines is 1. The van der Waals surface area contributed by atoms with Crippen molar-refractivity contribution in [3.63, 3.8) is 0 Å². The Bertz CT molecular complexity index is 831. The van der Waals surface area contributed by atoms with E-state index in [9.17, 15) is 4.79 Å². The summed E-state index contributed by atoms with van der Waals surface area (Å²) in [4.78, 5) is 11.9. The van der Waals surface area contributed by atoms with Crippen molar-refractivity contribution in [2.45, 2.75) is 6.54 Å². The fraction of sp³-hybridized carbons (Fsp3) is 0.0667. The molecule has 0 aliphatic carbocycles.